The molecule has 178 valence electrons. The van der Waals surface area contributed by atoms with Crippen LogP contribution < -0.4 is 34.6 Å². The molecule has 0 atom stereocenters. The molecule has 1 fully saturated rings. The van der Waals surface area contributed by atoms with E-state index in [1.165, 1.54) is 33.3 Å². The highest BCUT2D eigenvalue weighted by atomic mass is 16.5. The number of methoxy groups -OCH3 is 3. The summed E-state index contributed by atoms with van der Waals surface area (Å²) in [5.74, 6) is 2.50. The zero-order chi connectivity index (χ0) is 23.9. The Hall–Kier alpha value is -4.21. The summed E-state index contributed by atoms with van der Waals surface area (Å²) in [5.41, 5.74) is 1.70. The Labute approximate surface area is 198 Å². The third kappa shape index (κ3) is 5.22. The van der Waals surface area contributed by atoms with Crippen molar-refractivity contribution in [3.05, 3.63) is 54.9 Å². The van der Waals surface area contributed by atoms with Crippen LogP contribution >= 0.6 is 0 Å². The molecule has 0 aliphatic carbocycles. The third-order valence-electron chi connectivity index (χ3n) is 5.54. The van der Waals surface area contributed by atoms with Crippen LogP contribution in [0.15, 0.2) is 54.9 Å². The van der Waals surface area contributed by atoms with Crippen molar-refractivity contribution in [1.29, 1.82) is 0 Å². The number of anilines is 4. The highest BCUT2D eigenvalue weighted by Gasteiger charge is 2.19. The minimum Gasteiger partial charge on any atom is -0.493 e. The second kappa shape index (κ2) is 10.6. The van der Waals surface area contributed by atoms with Crippen LogP contribution in [0.1, 0.15) is 0 Å². The molecule has 2 amide bonds. The van der Waals surface area contributed by atoms with E-state index in [9.17, 15) is 4.79 Å². The van der Waals surface area contributed by atoms with Crippen LogP contribution in [0.2, 0.25) is 0 Å². The van der Waals surface area contributed by atoms with E-state index in [2.05, 4.69) is 42.5 Å². The van der Waals surface area contributed by atoms with E-state index in [-0.39, 0.29) is 0 Å². The maximum atomic E-state index is 12.6. The average Bonchev–Trinajstić information content (AvgIpc) is 2.88. The summed E-state index contributed by atoms with van der Waals surface area (Å²) >= 11 is 0. The summed E-state index contributed by atoms with van der Waals surface area (Å²) in [7, 11) is 4.56. The summed E-state index contributed by atoms with van der Waals surface area (Å²) in [6.07, 6.45) is 1.45. The number of urea groups is 1. The second-order valence-corrected chi connectivity index (χ2v) is 7.56. The normalized spacial score (nSPS) is 13.3. The standard InChI is InChI=1S/C24H28N6O4/c1-32-19-13-17(14-20(33-2)23(19)34-3)27-24(31)28-21-15-22(26-16-25-21)30-11-9-29(10-12-30)18-7-5-4-6-8-18/h4-8,13-16H,9-12H2,1-3H3,(H2,25,26,27,28,31). The molecule has 3 aromatic rings. The lowest BCUT2D eigenvalue weighted by Crippen LogP contribution is -2.46. The number of rotatable bonds is 7. The molecule has 0 radical (unpaired) electrons. The van der Waals surface area contributed by atoms with Gasteiger partial charge in [0.2, 0.25) is 5.75 Å². The molecule has 2 heterocycles. The number of nitrogens with zero attached hydrogens (tertiary/aromatic N) is 4. The summed E-state index contributed by atoms with van der Waals surface area (Å²) < 4.78 is 16.0. The maximum absolute atomic E-state index is 12.6. The number of piperazine rings is 1. The summed E-state index contributed by atoms with van der Waals surface area (Å²) in [6, 6.07) is 15.0. The fraction of sp³-hybridized carbons (Fsp3) is 0.292. The number of hydrogen-bond donors (Lipinski definition) is 2. The molecule has 0 saturated carbocycles. The Morgan fingerprint density at radius 2 is 1.47 bits per heavy atom. The molecule has 2 aromatic carbocycles. The number of carbonyl (C=O) groups excluding carboxylic acids is 1. The van der Waals surface area contributed by atoms with Gasteiger partial charge in [-0.25, -0.2) is 14.8 Å². The van der Waals surface area contributed by atoms with Gasteiger partial charge in [0.15, 0.2) is 11.5 Å². The summed E-state index contributed by atoms with van der Waals surface area (Å²) in [5, 5.41) is 5.52. The second-order valence-electron chi connectivity index (χ2n) is 7.56. The molecule has 1 aliphatic heterocycles. The minimum atomic E-state index is -0.451. The van der Waals surface area contributed by atoms with Crippen molar-refractivity contribution in [2.24, 2.45) is 0 Å². The minimum absolute atomic E-state index is 0.403. The third-order valence-corrected chi connectivity index (χ3v) is 5.54. The quantitative estimate of drug-likeness (QED) is 0.548. The van der Waals surface area contributed by atoms with E-state index in [4.69, 9.17) is 14.2 Å². The largest absolute Gasteiger partial charge is 0.493 e. The monoisotopic (exact) mass is 464 g/mol. The number of hydrogen-bond acceptors (Lipinski definition) is 8. The molecular weight excluding hydrogens is 436 g/mol. The van der Waals surface area contributed by atoms with E-state index < -0.39 is 6.03 Å². The van der Waals surface area contributed by atoms with Gasteiger partial charge in [-0.1, -0.05) is 18.2 Å². The topological polar surface area (TPSA) is 101 Å². The molecule has 4 rings (SSSR count). The molecule has 0 unspecified atom stereocenters. The van der Waals surface area contributed by atoms with Crippen LogP contribution in [0, 0.1) is 0 Å². The lowest BCUT2D eigenvalue weighted by atomic mass is 10.2. The van der Waals surface area contributed by atoms with Gasteiger partial charge >= 0.3 is 6.03 Å². The number of aromatic nitrogens is 2. The van der Waals surface area contributed by atoms with Gasteiger partial charge in [-0.3, -0.25) is 5.32 Å². The number of ether oxygens (including phenoxy) is 3. The molecule has 0 spiro atoms. The predicted molar refractivity (Wildman–Crippen MR) is 132 cm³/mol. The van der Waals surface area contributed by atoms with Crippen LogP contribution in [0.4, 0.5) is 27.8 Å². The van der Waals surface area contributed by atoms with E-state index in [0.29, 0.717) is 28.8 Å². The SMILES string of the molecule is COc1cc(NC(=O)Nc2cc(N3CCN(c4ccccc4)CC3)ncn2)cc(OC)c1OC. The number of benzene rings is 2. The van der Waals surface area contributed by atoms with Crippen molar-refractivity contribution in [3.63, 3.8) is 0 Å². The zero-order valence-corrected chi connectivity index (χ0v) is 19.4. The van der Waals surface area contributed by atoms with Crippen molar-refractivity contribution in [2.45, 2.75) is 0 Å². The first-order chi connectivity index (χ1) is 16.6. The predicted octanol–water partition coefficient (Wildman–Crippen LogP) is 3.47. The first-order valence-electron chi connectivity index (χ1n) is 10.9. The van der Waals surface area contributed by atoms with E-state index in [1.807, 2.05) is 18.2 Å². The van der Waals surface area contributed by atoms with E-state index in [1.54, 1.807) is 18.2 Å². The molecule has 1 aromatic heterocycles. The van der Waals surface area contributed by atoms with Gasteiger partial charge in [-0.2, -0.15) is 0 Å². The molecular formula is C24H28N6O4. The zero-order valence-electron chi connectivity index (χ0n) is 19.4. The van der Waals surface area contributed by atoms with Crippen LogP contribution in [-0.2, 0) is 0 Å². The number of amides is 2. The number of carbonyl (C=O) groups is 1. The van der Waals surface area contributed by atoms with Gasteiger partial charge in [0.25, 0.3) is 0 Å². The maximum Gasteiger partial charge on any atom is 0.324 e. The number of nitrogens with one attached hydrogen (secondary N) is 2. The molecule has 1 aliphatic rings. The smallest absolute Gasteiger partial charge is 0.324 e. The van der Waals surface area contributed by atoms with Gasteiger partial charge < -0.3 is 29.3 Å². The van der Waals surface area contributed by atoms with Crippen LogP contribution in [0.25, 0.3) is 0 Å². The van der Waals surface area contributed by atoms with Crippen LogP contribution in [0.5, 0.6) is 17.2 Å². The van der Waals surface area contributed by atoms with E-state index in [0.717, 1.165) is 32.0 Å². The Bertz CT molecular complexity index is 1090. The first-order valence-corrected chi connectivity index (χ1v) is 10.9. The lowest BCUT2D eigenvalue weighted by Gasteiger charge is -2.36. The van der Waals surface area contributed by atoms with Crippen molar-refractivity contribution >= 4 is 29.0 Å². The fourth-order valence-corrected chi connectivity index (χ4v) is 3.85. The molecule has 10 nitrogen and oxygen atoms in total. The Balaban J connectivity index is 1.39. The van der Waals surface area contributed by atoms with Crippen molar-refractivity contribution < 1.29 is 19.0 Å². The summed E-state index contributed by atoms with van der Waals surface area (Å²) in [4.78, 5) is 25.7. The van der Waals surface area contributed by atoms with Gasteiger partial charge in [0.1, 0.15) is 18.0 Å². The highest BCUT2D eigenvalue weighted by Crippen LogP contribution is 2.39. The van der Waals surface area contributed by atoms with Crippen LogP contribution in [-0.4, -0.2) is 63.5 Å². The van der Waals surface area contributed by atoms with Crippen molar-refractivity contribution in [3.8, 4) is 17.2 Å². The van der Waals surface area contributed by atoms with Crippen molar-refractivity contribution in [1.82, 2.24) is 9.97 Å². The Morgan fingerprint density at radius 3 is 2.09 bits per heavy atom. The molecule has 10 heteroatoms. The van der Waals surface area contributed by atoms with Gasteiger partial charge in [0.05, 0.1) is 27.0 Å². The summed E-state index contributed by atoms with van der Waals surface area (Å²) in [6.45, 7) is 3.42. The average molecular weight is 465 g/mol. The van der Waals surface area contributed by atoms with Crippen molar-refractivity contribution in [2.75, 3.05) is 67.9 Å². The van der Waals surface area contributed by atoms with Gasteiger partial charge in [0, 0.05) is 50.1 Å². The lowest BCUT2D eigenvalue weighted by molar-refractivity contribution is 0.262. The fourth-order valence-electron chi connectivity index (χ4n) is 3.85. The Morgan fingerprint density at radius 1 is 0.824 bits per heavy atom. The Kier molecular flexibility index (Phi) is 7.16. The molecule has 34 heavy (non-hydrogen) atoms. The van der Waals surface area contributed by atoms with E-state index >= 15 is 0 Å². The molecule has 0 bridgehead atoms. The van der Waals surface area contributed by atoms with Gasteiger partial charge in [-0.05, 0) is 12.1 Å². The van der Waals surface area contributed by atoms with Gasteiger partial charge in [-0.15, -0.1) is 0 Å². The number of para-hydroxylation sites is 1. The molecule has 2 N–H and O–H groups in total. The first kappa shape index (κ1) is 23.0. The highest BCUT2D eigenvalue weighted by molar-refractivity contribution is 5.99. The van der Waals surface area contributed by atoms with Crippen LogP contribution in [0.3, 0.4) is 0 Å². The molecule has 1 saturated heterocycles.